The van der Waals surface area contributed by atoms with E-state index in [1.54, 1.807) is 0 Å². The van der Waals surface area contributed by atoms with Crippen LogP contribution in [0.2, 0.25) is 0 Å². The number of aryl methyl sites for hydroxylation is 1. The summed E-state index contributed by atoms with van der Waals surface area (Å²) < 4.78 is 5.08. The van der Waals surface area contributed by atoms with Crippen molar-refractivity contribution in [3.63, 3.8) is 0 Å². The van der Waals surface area contributed by atoms with E-state index < -0.39 is 0 Å². The standard InChI is InChI=1S/C29H41N3O3.ClH/c1-2-17-32(18-9-4-3-8-15-30-16-14-24-10-6-5-7-11-24)27-13-12-25-21-29(35-23-34)28(31-22-33)20-26(25)19-27;/h5-7,10-11,20-23,27,30H,2-4,8-9,12-19H2,1H3,(H,31,33);1H. The maximum absolute atomic E-state index is 11.0. The molecule has 1 atom stereocenters. The van der Waals surface area contributed by atoms with Crippen LogP contribution in [0.15, 0.2) is 42.5 Å². The van der Waals surface area contributed by atoms with E-state index >= 15 is 0 Å². The van der Waals surface area contributed by atoms with E-state index in [9.17, 15) is 9.59 Å². The van der Waals surface area contributed by atoms with Crippen LogP contribution < -0.4 is 15.4 Å². The molecule has 0 aliphatic heterocycles. The number of carbonyl (C=O) groups is 2. The molecule has 1 amide bonds. The maximum atomic E-state index is 11.0. The van der Waals surface area contributed by atoms with Gasteiger partial charge in [-0.15, -0.1) is 12.4 Å². The third-order valence-corrected chi connectivity index (χ3v) is 6.90. The third kappa shape index (κ3) is 9.57. The minimum Gasteiger partial charge on any atom is -0.427 e. The molecule has 2 aromatic carbocycles. The molecule has 1 unspecified atom stereocenters. The Balaban J connectivity index is 0.00000456. The van der Waals surface area contributed by atoms with E-state index in [1.807, 2.05) is 12.1 Å². The van der Waals surface area contributed by atoms with Crippen molar-refractivity contribution in [1.29, 1.82) is 0 Å². The largest absolute Gasteiger partial charge is 0.427 e. The Morgan fingerprint density at radius 1 is 1.00 bits per heavy atom. The lowest BCUT2D eigenvalue weighted by molar-refractivity contribution is -0.120. The molecule has 6 nitrogen and oxygen atoms in total. The molecule has 2 aromatic rings. The van der Waals surface area contributed by atoms with Crippen molar-refractivity contribution >= 4 is 31.0 Å². The van der Waals surface area contributed by atoms with Crippen LogP contribution in [0.5, 0.6) is 5.75 Å². The third-order valence-electron chi connectivity index (χ3n) is 6.90. The van der Waals surface area contributed by atoms with E-state index in [0.717, 1.165) is 58.3 Å². The van der Waals surface area contributed by atoms with E-state index in [1.165, 1.54) is 42.4 Å². The fourth-order valence-corrected chi connectivity index (χ4v) is 5.09. The molecule has 0 fully saturated rings. The number of hydrogen-bond donors (Lipinski definition) is 2. The van der Waals surface area contributed by atoms with Crippen LogP contribution in [0.1, 0.15) is 62.1 Å². The molecule has 2 N–H and O–H groups in total. The number of nitrogens with one attached hydrogen (secondary N) is 2. The molecule has 36 heavy (non-hydrogen) atoms. The Bertz CT molecular complexity index is 910. The highest BCUT2D eigenvalue weighted by Crippen LogP contribution is 2.33. The fourth-order valence-electron chi connectivity index (χ4n) is 5.09. The van der Waals surface area contributed by atoms with E-state index in [-0.39, 0.29) is 12.4 Å². The van der Waals surface area contributed by atoms with E-state index in [4.69, 9.17) is 4.74 Å². The second-order valence-electron chi connectivity index (χ2n) is 9.43. The molecule has 3 rings (SSSR count). The summed E-state index contributed by atoms with van der Waals surface area (Å²) in [5, 5.41) is 6.25. The topological polar surface area (TPSA) is 70.7 Å². The van der Waals surface area contributed by atoms with Crippen molar-refractivity contribution in [3.05, 3.63) is 59.2 Å². The second kappa shape index (κ2) is 17.1. The molecular formula is C29H42ClN3O3. The monoisotopic (exact) mass is 515 g/mol. The molecule has 7 heteroatoms. The molecule has 0 saturated heterocycles. The first-order valence-electron chi connectivity index (χ1n) is 13.2. The van der Waals surface area contributed by atoms with Gasteiger partial charge in [0.2, 0.25) is 6.41 Å². The Morgan fingerprint density at radius 3 is 2.56 bits per heavy atom. The van der Waals surface area contributed by atoms with Crippen LogP contribution >= 0.6 is 12.4 Å². The van der Waals surface area contributed by atoms with Crippen LogP contribution in [-0.4, -0.2) is 50.0 Å². The lowest BCUT2D eigenvalue weighted by Gasteiger charge is -2.35. The number of ether oxygens (including phenoxy) is 1. The fraction of sp³-hybridized carbons (Fsp3) is 0.517. The summed E-state index contributed by atoms with van der Waals surface area (Å²) in [6.45, 7) is 7.06. The van der Waals surface area contributed by atoms with Gasteiger partial charge >= 0.3 is 0 Å². The SMILES string of the molecule is CCCN(CCCCCCNCCc1ccccc1)C1CCc2cc(OC=O)c(NC=O)cc2C1.Cl. The van der Waals surface area contributed by atoms with Crippen molar-refractivity contribution < 1.29 is 14.3 Å². The van der Waals surface area contributed by atoms with E-state index in [2.05, 4.69) is 52.8 Å². The number of rotatable bonds is 17. The Morgan fingerprint density at radius 2 is 1.81 bits per heavy atom. The van der Waals surface area contributed by atoms with Gasteiger partial charge in [-0.05, 0) is 99.9 Å². The Hall–Kier alpha value is -2.41. The zero-order chi connectivity index (χ0) is 24.7. The van der Waals surface area contributed by atoms with Crippen LogP contribution in [-0.2, 0) is 28.9 Å². The minimum atomic E-state index is 0. The molecule has 198 valence electrons. The summed E-state index contributed by atoms with van der Waals surface area (Å²) >= 11 is 0. The van der Waals surface area contributed by atoms with Gasteiger partial charge in [-0.1, -0.05) is 50.1 Å². The highest BCUT2D eigenvalue weighted by molar-refractivity contribution is 5.85. The summed E-state index contributed by atoms with van der Waals surface area (Å²) in [6, 6.07) is 15.1. The van der Waals surface area contributed by atoms with Gasteiger partial charge in [0.25, 0.3) is 6.47 Å². The second-order valence-corrected chi connectivity index (χ2v) is 9.43. The van der Waals surface area contributed by atoms with Crippen LogP contribution in [0, 0.1) is 0 Å². The van der Waals surface area contributed by atoms with Crippen molar-refractivity contribution in [1.82, 2.24) is 10.2 Å². The average Bonchev–Trinajstić information content (AvgIpc) is 2.88. The number of benzene rings is 2. The summed E-state index contributed by atoms with van der Waals surface area (Å²) in [7, 11) is 0. The first-order valence-corrected chi connectivity index (χ1v) is 13.2. The molecule has 0 aromatic heterocycles. The molecule has 0 spiro atoms. The van der Waals surface area contributed by atoms with Gasteiger partial charge in [0, 0.05) is 6.04 Å². The zero-order valence-electron chi connectivity index (χ0n) is 21.5. The molecule has 0 radical (unpaired) electrons. The number of hydrogen-bond acceptors (Lipinski definition) is 5. The zero-order valence-corrected chi connectivity index (χ0v) is 22.4. The number of amides is 1. The number of carbonyl (C=O) groups excluding carboxylic acids is 2. The highest BCUT2D eigenvalue weighted by Gasteiger charge is 2.25. The minimum absolute atomic E-state index is 0. The van der Waals surface area contributed by atoms with Crippen molar-refractivity contribution in [2.24, 2.45) is 0 Å². The summed E-state index contributed by atoms with van der Waals surface area (Å²) in [4.78, 5) is 24.5. The first-order chi connectivity index (χ1) is 17.2. The summed E-state index contributed by atoms with van der Waals surface area (Å²) in [5.41, 5.74) is 4.41. The van der Waals surface area contributed by atoms with Gasteiger partial charge in [0.1, 0.15) is 0 Å². The van der Waals surface area contributed by atoms with Crippen molar-refractivity contribution in [2.75, 3.05) is 31.5 Å². The quantitative estimate of drug-likeness (QED) is 0.224. The number of fused-ring (bicyclic) bond motifs is 1. The lowest BCUT2D eigenvalue weighted by atomic mass is 9.86. The molecule has 1 aliphatic carbocycles. The molecule has 1 aliphatic rings. The van der Waals surface area contributed by atoms with Gasteiger partial charge in [0.15, 0.2) is 5.75 Å². The molecule has 0 saturated carbocycles. The van der Waals surface area contributed by atoms with Crippen LogP contribution in [0.4, 0.5) is 5.69 Å². The average molecular weight is 516 g/mol. The van der Waals surface area contributed by atoms with Crippen LogP contribution in [0.25, 0.3) is 0 Å². The first kappa shape index (κ1) is 29.8. The number of unbranched alkanes of at least 4 members (excludes halogenated alkanes) is 3. The summed E-state index contributed by atoms with van der Waals surface area (Å²) in [5.74, 6) is 0.421. The molecular weight excluding hydrogens is 474 g/mol. The highest BCUT2D eigenvalue weighted by atomic mass is 35.5. The smallest absolute Gasteiger partial charge is 0.298 e. The van der Waals surface area contributed by atoms with Gasteiger partial charge in [-0.3, -0.25) is 9.59 Å². The Labute approximate surface area is 222 Å². The molecule has 0 heterocycles. The van der Waals surface area contributed by atoms with Crippen LogP contribution in [0.3, 0.4) is 0 Å². The predicted octanol–water partition coefficient (Wildman–Crippen LogP) is 5.17. The summed E-state index contributed by atoms with van der Waals surface area (Å²) in [6.07, 6.45) is 10.9. The van der Waals surface area contributed by atoms with Gasteiger partial charge in [-0.2, -0.15) is 0 Å². The lowest BCUT2D eigenvalue weighted by Crippen LogP contribution is -2.40. The maximum Gasteiger partial charge on any atom is 0.298 e. The number of nitrogens with zero attached hydrogens (tertiary/aromatic N) is 1. The van der Waals surface area contributed by atoms with E-state index in [0.29, 0.717) is 30.4 Å². The number of anilines is 1. The van der Waals surface area contributed by atoms with Crippen molar-refractivity contribution in [2.45, 2.75) is 70.8 Å². The molecule has 0 bridgehead atoms. The Kier molecular flexibility index (Phi) is 14.2. The number of halogens is 1. The van der Waals surface area contributed by atoms with Gasteiger partial charge < -0.3 is 20.3 Å². The predicted molar refractivity (Wildman–Crippen MR) is 149 cm³/mol. The van der Waals surface area contributed by atoms with Gasteiger partial charge in [0.05, 0.1) is 5.69 Å². The normalized spacial score (nSPS) is 14.6. The van der Waals surface area contributed by atoms with Crippen molar-refractivity contribution in [3.8, 4) is 5.75 Å². The van der Waals surface area contributed by atoms with Gasteiger partial charge in [-0.25, -0.2) is 0 Å².